The standard InChI is InChI=1S/C12H25N3O2S/c1-4-7-15(5-2)8-6-13-12(17)11(9-18)14-10(3)16/h11,18H,4-9H2,1-3H3,(H,13,17)(H,14,16). The molecule has 0 saturated carbocycles. The van der Waals surface area contributed by atoms with Crippen LogP contribution in [0.3, 0.4) is 0 Å². The zero-order chi connectivity index (χ0) is 14.0. The van der Waals surface area contributed by atoms with E-state index in [2.05, 4.69) is 42.0 Å². The maximum atomic E-state index is 11.7. The molecule has 0 bridgehead atoms. The summed E-state index contributed by atoms with van der Waals surface area (Å²) in [5, 5.41) is 5.38. The monoisotopic (exact) mass is 275 g/mol. The van der Waals surface area contributed by atoms with Crippen molar-refractivity contribution in [1.82, 2.24) is 15.5 Å². The normalized spacial score (nSPS) is 12.3. The third-order valence-corrected chi connectivity index (χ3v) is 2.96. The Balaban J connectivity index is 3.96. The lowest BCUT2D eigenvalue weighted by Crippen LogP contribution is -2.48. The quantitative estimate of drug-likeness (QED) is 0.529. The number of carbonyl (C=O) groups is 2. The van der Waals surface area contributed by atoms with E-state index in [1.165, 1.54) is 6.92 Å². The first kappa shape index (κ1) is 17.2. The van der Waals surface area contributed by atoms with Crippen molar-refractivity contribution in [1.29, 1.82) is 0 Å². The van der Waals surface area contributed by atoms with Gasteiger partial charge in [-0.1, -0.05) is 13.8 Å². The number of nitrogens with one attached hydrogen (secondary N) is 2. The molecular formula is C12H25N3O2S. The molecular weight excluding hydrogens is 250 g/mol. The minimum Gasteiger partial charge on any atom is -0.353 e. The molecule has 6 heteroatoms. The van der Waals surface area contributed by atoms with Gasteiger partial charge in [0.05, 0.1) is 0 Å². The molecule has 0 aliphatic heterocycles. The third kappa shape index (κ3) is 7.55. The summed E-state index contributed by atoms with van der Waals surface area (Å²) in [6, 6.07) is -0.549. The smallest absolute Gasteiger partial charge is 0.243 e. The van der Waals surface area contributed by atoms with Gasteiger partial charge in [-0.25, -0.2) is 0 Å². The molecule has 18 heavy (non-hydrogen) atoms. The van der Waals surface area contributed by atoms with E-state index in [0.29, 0.717) is 12.3 Å². The molecule has 5 nitrogen and oxygen atoms in total. The zero-order valence-corrected chi connectivity index (χ0v) is 12.4. The molecule has 0 rings (SSSR count). The molecule has 0 fully saturated rings. The van der Waals surface area contributed by atoms with Crippen LogP contribution in [0.25, 0.3) is 0 Å². The molecule has 0 heterocycles. The highest BCUT2D eigenvalue weighted by Crippen LogP contribution is 1.91. The van der Waals surface area contributed by atoms with Gasteiger partial charge in [0.2, 0.25) is 11.8 Å². The van der Waals surface area contributed by atoms with E-state index in [0.717, 1.165) is 26.1 Å². The van der Waals surface area contributed by atoms with Crippen LogP contribution in [0.2, 0.25) is 0 Å². The molecule has 1 atom stereocenters. The Kier molecular flexibility index (Phi) is 9.77. The van der Waals surface area contributed by atoms with Crippen LogP contribution in [-0.2, 0) is 9.59 Å². The van der Waals surface area contributed by atoms with E-state index in [1.807, 2.05) is 0 Å². The van der Waals surface area contributed by atoms with Crippen LogP contribution in [0.1, 0.15) is 27.2 Å². The Morgan fingerprint density at radius 1 is 1.28 bits per heavy atom. The molecule has 0 saturated heterocycles. The summed E-state index contributed by atoms with van der Waals surface area (Å²) in [5.74, 6) is -0.0872. The van der Waals surface area contributed by atoms with Gasteiger partial charge in [0, 0.05) is 25.8 Å². The Labute approximate surface area is 115 Å². The van der Waals surface area contributed by atoms with Crippen molar-refractivity contribution >= 4 is 24.4 Å². The van der Waals surface area contributed by atoms with Crippen molar-refractivity contribution in [2.24, 2.45) is 0 Å². The van der Waals surface area contributed by atoms with Crippen molar-refractivity contribution in [3.8, 4) is 0 Å². The highest BCUT2D eigenvalue weighted by molar-refractivity contribution is 7.80. The van der Waals surface area contributed by atoms with Crippen molar-refractivity contribution < 1.29 is 9.59 Å². The first-order valence-corrected chi connectivity index (χ1v) is 7.06. The maximum absolute atomic E-state index is 11.7. The largest absolute Gasteiger partial charge is 0.353 e. The van der Waals surface area contributed by atoms with Crippen LogP contribution in [0.4, 0.5) is 0 Å². The van der Waals surface area contributed by atoms with E-state index in [4.69, 9.17) is 0 Å². The molecule has 0 spiro atoms. The van der Waals surface area contributed by atoms with Gasteiger partial charge in [0.15, 0.2) is 0 Å². The van der Waals surface area contributed by atoms with E-state index in [-0.39, 0.29) is 11.8 Å². The molecule has 0 aromatic heterocycles. The second-order valence-corrected chi connectivity index (χ2v) is 4.53. The van der Waals surface area contributed by atoms with E-state index < -0.39 is 6.04 Å². The fourth-order valence-corrected chi connectivity index (χ4v) is 1.90. The number of amides is 2. The summed E-state index contributed by atoms with van der Waals surface area (Å²) >= 11 is 4.06. The fraction of sp³-hybridized carbons (Fsp3) is 0.833. The van der Waals surface area contributed by atoms with Crippen LogP contribution in [-0.4, -0.2) is 54.7 Å². The lowest BCUT2D eigenvalue weighted by atomic mass is 10.3. The molecule has 0 radical (unpaired) electrons. The van der Waals surface area contributed by atoms with Gasteiger partial charge < -0.3 is 15.5 Å². The Bertz CT molecular complexity index is 262. The predicted molar refractivity (Wildman–Crippen MR) is 76.9 cm³/mol. The highest BCUT2D eigenvalue weighted by Gasteiger charge is 2.17. The van der Waals surface area contributed by atoms with Crippen LogP contribution < -0.4 is 10.6 Å². The number of thiol groups is 1. The number of carbonyl (C=O) groups excluding carboxylic acids is 2. The summed E-state index contributed by atoms with van der Waals surface area (Å²) < 4.78 is 0. The maximum Gasteiger partial charge on any atom is 0.243 e. The van der Waals surface area contributed by atoms with Gasteiger partial charge in [-0.2, -0.15) is 12.6 Å². The van der Waals surface area contributed by atoms with Crippen LogP contribution >= 0.6 is 12.6 Å². The van der Waals surface area contributed by atoms with Crippen LogP contribution in [0, 0.1) is 0 Å². The van der Waals surface area contributed by atoms with Gasteiger partial charge in [-0.05, 0) is 19.5 Å². The Morgan fingerprint density at radius 3 is 2.39 bits per heavy atom. The van der Waals surface area contributed by atoms with E-state index in [1.54, 1.807) is 0 Å². The van der Waals surface area contributed by atoms with Gasteiger partial charge in [-0.15, -0.1) is 0 Å². The number of rotatable bonds is 9. The minimum absolute atomic E-state index is 0.173. The summed E-state index contributed by atoms with van der Waals surface area (Å²) in [5.41, 5.74) is 0. The highest BCUT2D eigenvalue weighted by atomic mass is 32.1. The number of likely N-dealkylation sites (N-methyl/N-ethyl adjacent to an activating group) is 1. The van der Waals surface area contributed by atoms with Crippen molar-refractivity contribution in [2.45, 2.75) is 33.2 Å². The predicted octanol–water partition coefficient (Wildman–Crippen LogP) is 0.269. The lowest BCUT2D eigenvalue weighted by Gasteiger charge is -2.21. The van der Waals surface area contributed by atoms with Gasteiger partial charge >= 0.3 is 0 Å². The third-order valence-electron chi connectivity index (χ3n) is 2.59. The first-order valence-electron chi connectivity index (χ1n) is 6.43. The van der Waals surface area contributed by atoms with Crippen LogP contribution in [0.5, 0.6) is 0 Å². The molecule has 1 unspecified atom stereocenters. The fourth-order valence-electron chi connectivity index (χ4n) is 1.64. The molecule has 0 aliphatic carbocycles. The molecule has 2 N–H and O–H groups in total. The van der Waals surface area contributed by atoms with E-state index >= 15 is 0 Å². The van der Waals surface area contributed by atoms with E-state index in [9.17, 15) is 9.59 Å². The summed E-state index contributed by atoms with van der Waals surface area (Å²) in [6.45, 7) is 9.06. The molecule has 106 valence electrons. The molecule has 0 aliphatic rings. The number of nitrogens with zero attached hydrogens (tertiary/aromatic N) is 1. The number of hydrogen-bond acceptors (Lipinski definition) is 4. The summed E-state index contributed by atoms with van der Waals surface area (Å²) in [4.78, 5) is 24.9. The average Bonchev–Trinajstić information content (AvgIpc) is 2.34. The summed E-state index contributed by atoms with van der Waals surface area (Å²) in [6.07, 6.45) is 1.10. The zero-order valence-electron chi connectivity index (χ0n) is 11.5. The Morgan fingerprint density at radius 2 is 1.94 bits per heavy atom. The number of hydrogen-bond donors (Lipinski definition) is 3. The van der Waals surface area contributed by atoms with Crippen molar-refractivity contribution in [3.05, 3.63) is 0 Å². The summed E-state index contributed by atoms with van der Waals surface area (Å²) in [7, 11) is 0. The van der Waals surface area contributed by atoms with Gasteiger partial charge in [0.1, 0.15) is 6.04 Å². The molecule has 0 aromatic carbocycles. The SMILES string of the molecule is CCCN(CC)CCNC(=O)C(CS)NC(C)=O. The first-order chi connectivity index (χ1) is 8.54. The minimum atomic E-state index is -0.549. The molecule has 0 aromatic rings. The van der Waals surface area contributed by atoms with Crippen molar-refractivity contribution in [2.75, 3.05) is 31.9 Å². The topological polar surface area (TPSA) is 61.4 Å². The Hall–Kier alpha value is -0.750. The lowest BCUT2D eigenvalue weighted by molar-refractivity contribution is -0.127. The van der Waals surface area contributed by atoms with Crippen molar-refractivity contribution in [3.63, 3.8) is 0 Å². The average molecular weight is 275 g/mol. The van der Waals surface area contributed by atoms with Gasteiger partial charge in [-0.3, -0.25) is 9.59 Å². The molecule has 2 amide bonds. The second kappa shape index (κ2) is 10.2. The van der Waals surface area contributed by atoms with Crippen LogP contribution in [0.15, 0.2) is 0 Å². The second-order valence-electron chi connectivity index (χ2n) is 4.16. The van der Waals surface area contributed by atoms with Gasteiger partial charge in [0.25, 0.3) is 0 Å².